The number of hydrogen-bond donors (Lipinski definition) is 1. The number of unbranched alkanes of at least 4 members (excludes halogenated alkanes) is 3. The molecule has 1 atom stereocenters. The van der Waals surface area contributed by atoms with E-state index in [1.165, 1.54) is 19.3 Å². The molecular weight excluding hydrogens is 136 g/mol. The molecule has 0 fully saturated rings. The van der Waals surface area contributed by atoms with Crippen molar-refractivity contribution in [3.63, 3.8) is 0 Å². The van der Waals surface area contributed by atoms with E-state index in [0.29, 0.717) is 0 Å². The molecule has 66 valence electrons. The standard InChI is InChI=1S/C10H20O/c1-3-5-6-7-8-9-10(11)4-2/h8-11H,3-7H2,1-2H3/b9-8-. The van der Waals surface area contributed by atoms with Crippen LogP contribution in [0.1, 0.15) is 46.0 Å². The molecule has 0 aromatic carbocycles. The molecule has 0 aromatic heterocycles. The number of aliphatic hydroxyl groups is 1. The first-order chi connectivity index (χ1) is 5.31. The molecule has 1 heteroatoms. The summed E-state index contributed by atoms with van der Waals surface area (Å²) in [5, 5.41) is 9.13. The summed E-state index contributed by atoms with van der Waals surface area (Å²) >= 11 is 0. The van der Waals surface area contributed by atoms with Gasteiger partial charge in [-0.25, -0.2) is 0 Å². The van der Waals surface area contributed by atoms with Gasteiger partial charge in [-0.15, -0.1) is 0 Å². The topological polar surface area (TPSA) is 20.2 Å². The minimum atomic E-state index is -0.225. The Hall–Kier alpha value is -0.300. The summed E-state index contributed by atoms with van der Waals surface area (Å²) in [6.07, 6.45) is 9.52. The van der Waals surface area contributed by atoms with E-state index in [4.69, 9.17) is 5.11 Å². The molecular formula is C10H20O. The van der Waals surface area contributed by atoms with Gasteiger partial charge in [0, 0.05) is 0 Å². The molecule has 1 nitrogen and oxygen atoms in total. The predicted molar refractivity (Wildman–Crippen MR) is 49.6 cm³/mol. The molecule has 0 aromatic rings. The van der Waals surface area contributed by atoms with Gasteiger partial charge in [-0.1, -0.05) is 38.8 Å². The molecule has 0 aliphatic heterocycles. The summed E-state index contributed by atoms with van der Waals surface area (Å²) in [7, 11) is 0. The summed E-state index contributed by atoms with van der Waals surface area (Å²) in [6.45, 7) is 4.19. The van der Waals surface area contributed by atoms with Crippen LogP contribution >= 0.6 is 0 Å². The molecule has 0 rings (SSSR count). The van der Waals surface area contributed by atoms with E-state index >= 15 is 0 Å². The second-order valence-electron chi connectivity index (χ2n) is 2.90. The predicted octanol–water partition coefficient (Wildman–Crippen LogP) is 2.89. The number of rotatable bonds is 6. The Morgan fingerprint density at radius 1 is 1.27 bits per heavy atom. The summed E-state index contributed by atoms with van der Waals surface area (Å²) in [5.74, 6) is 0. The van der Waals surface area contributed by atoms with Crippen LogP contribution in [0.2, 0.25) is 0 Å². The first-order valence-electron chi connectivity index (χ1n) is 4.66. The number of hydrogen-bond acceptors (Lipinski definition) is 1. The Balaban J connectivity index is 3.15. The van der Waals surface area contributed by atoms with Crippen LogP contribution in [0.3, 0.4) is 0 Å². The van der Waals surface area contributed by atoms with E-state index in [9.17, 15) is 0 Å². The van der Waals surface area contributed by atoms with E-state index in [1.807, 2.05) is 13.0 Å². The third-order valence-corrected chi connectivity index (χ3v) is 1.75. The molecule has 0 saturated heterocycles. The maximum Gasteiger partial charge on any atom is 0.0718 e. The molecule has 0 aliphatic carbocycles. The highest BCUT2D eigenvalue weighted by molar-refractivity contribution is 4.87. The maximum absolute atomic E-state index is 9.13. The normalized spacial score (nSPS) is 14.1. The minimum Gasteiger partial charge on any atom is -0.389 e. The van der Waals surface area contributed by atoms with Crippen LogP contribution in [0.15, 0.2) is 12.2 Å². The zero-order chi connectivity index (χ0) is 8.53. The van der Waals surface area contributed by atoms with Crippen molar-refractivity contribution < 1.29 is 5.11 Å². The van der Waals surface area contributed by atoms with Gasteiger partial charge in [0.25, 0.3) is 0 Å². The van der Waals surface area contributed by atoms with Gasteiger partial charge in [0.05, 0.1) is 6.10 Å². The number of aliphatic hydroxyl groups excluding tert-OH is 1. The van der Waals surface area contributed by atoms with E-state index < -0.39 is 0 Å². The van der Waals surface area contributed by atoms with Crippen LogP contribution in [-0.4, -0.2) is 11.2 Å². The van der Waals surface area contributed by atoms with Gasteiger partial charge >= 0.3 is 0 Å². The Morgan fingerprint density at radius 3 is 2.55 bits per heavy atom. The van der Waals surface area contributed by atoms with Crippen molar-refractivity contribution in [1.82, 2.24) is 0 Å². The Morgan fingerprint density at radius 2 is 2.00 bits per heavy atom. The Labute approximate surface area is 70.1 Å². The average Bonchev–Trinajstić information content (AvgIpc) is 2.04. The Kier molecular flexibility index (Phi) is 7.59. The molecule has 0 bridgehead atoms. The third kappa shape index (κ3) is 7.60. The van der Waals surface area contributed by atoms with Crippen LogP contribution in [0, 0.1) is 0 Å². The van der Waals surface area contributed by atoms with Gasteiger partial charge in [-0.2, -0.15) is 0 Å². The molecule has 0 spiro atoms. The lowest BCUT2D eigenvalue weighted by Crippen LogP contribution is -1.97. The first kappa shape index (κ1) is 10.7. The van der Waals surface area contributed by atoms with Crippen molar-refractivity contribution in [2.45, 2.75) is 52.1 Å². The molecule has 0 saturated carbocycles. The van der Waals surface area contributed by atoms with Gasteiger partial charge in [0.2, 0.25) is 0 Å². The van der Waals surface area contributed by atoms with Gasteiger partial charge in [-0.3, -0.25) is 0 Å². The molecule has 0 radical (unpaired) electrons. The third-order valence-electron chi connectivity index (χ3n) is 1.75. The smallest absolute Gasteiger partial charge is 0.0718 e. The van der Waals surface area contributed by atoms with Gasteiger partial charge < -0.3 is 5.11 Å². The fourth-order valence-electron chi connectivity index (χ4n) is 0.902. The lowest BCUT2D eigenvalue weighted by molar-refractivity contribution is 0.219. The van der Waals surface area contributed by atoms with Crippen LogP contribution in [0.5, 0.6) is 0 Å². The van der Waals surface area contributed by atoms with Crippen molar-refractivity contribution in [2.75, 3.05) is 0 Å². The first-order valence-corrected chi connectivity index (χ1v) is 4.66. The van der Waals surface area contributed by atoms with E-state index in [0.717, 1.165) is 12.8 Å². The largest absolute Gasteiger partial charge is 0.389 e. The van der Waals surface area contributed by atoms with Crippen LogP contribution < -0.4 is 0 Å². The summed E-state index contributed by atoms with van der Waals surface area (Å²) < 4.78 is 0. The average molecular weight is 156 g/mol. The maximum atomic E-state index is 9.13. The van der Waals surface area contributed by atoms with Gasteiger partial charge in [-0.05, 0) is 19.3 Å². The van der Waals surface area contributed by atoms with Gasteiger partial charge in [0.15, 0.2) is 0 Å². The highest BCUT2D eigenvalue weighted by atomic mass is 16.3. The molecule has 0 amide bonds. The second-order valence-corrected chi connectivity index (χ2v) is 2.90. The molecule has 1 unspecified atom stereocenters. The van der Waals surface area contributed by atoms with Crippen molar-refractivity contribution >= 4 is 0 Å². The molecule has 0 aliphatic rings. The molecule has 1 N–H and O–H groups in total. The molecule has 0 heterocycles. The van der Waals surface area contributed by atoms with Crippen LogP contribution in [0.4, 0.5) is 0 Å². The van der Waals surface area contributed by atoms with E-state index in [-0.39, 0.29) is 6.10 Å². The molecule has 11 heavy (non-hydrogen) atoms. The minimum absolute atomic E-state index is 0.225. The van der Waals surface area contributed by atoms with E-state index in [1.54, 1.807) is 0 Å². The van der Waals surface area contributed by atoms with E-state index in [2.05, 4.69) is 13.0 Å². The second kappa shape index (κ2) is 7.80. The lowest BCUT2D eigenvalue weighted by Gasteiger charge is -1.98. The Bertz CT molecular complexity index is 97.0. The van der Waals surface area contributed by atoms with Crippen LogP contribution in [0.25, 0.3) is 0 Å². The highest BCUT2D eigenvalue weighted by Gasteiger charge is 1.90. The fraction of sp³-hybridized carbons (Fsp3) is 0.800. The van der Waals surface area contributed by atoms with Crippen molar-refractivity contribution in [2.24, 2.45) is 0 Å². The summed E-state index contributed by atoms with van der Waals surface area (Å²) in [4.78, 5) is 0. The van der Waals surface area contributed by atoms with Crippen molar-refractivity contribution in [3.05, 3.63) is 12.2 Å². The SMILES string of the molecule is CCCCC/C=C\C(O)CC. The highest BCUT2D eigenvalue weighted by Crippen LogP contribution is 2.01. The van der Waals surface area contributed by atoms with Crippen LogP contribution in [-0.2, 0) is 0 Å². The zero-order valence-electron chi connectivity index (χ0n) is 7.71. The fourth-order valence-corrected chi connectivity index (χ4v) is 0.902. The summed E-state index contributed by atoms with van der Waals surface area (Å²) in [6, 6.07) is 0. The zero-order valence-corrected chi connectivity index (χ0v) is 7.71. The van der Waals surface area contributed by atoms with Crippen molar-refractivity contribution in [1.29, 1.82) is 0 Å². The number of allylic oxidation sites excluding steroid dienone is 1. The quantitative estimate of drug-likeness (QED) is 0.463. The monoisotopic (exact) mass is 156 g/mol. The van der Waals surface area contributed by atoms with Gasteiger partial charge in [0.1, 0.15) is 0 Å². The lowest BCUT2D eigenvalue weighted by atomic mass is 10.2. The van der Waals surface area contributed by atoms with Crippen molar-refractivity contribution in [3.8, 4) is 0 Å². The summed E-state index contributed by atoms with van der Waals surface area (Å²) in [5.41, 5.74) is 0.